The van der Waals surface area contributed by atoms with Crippen LogP contribution >= 0.6 is 0 Å². The second-order valence-corrected chi connectivity index (χ2v) is 11.6. The van der Waals surface area contributed by atoms with Crippen molar-refractivity contribution in [1.82, 2.24) is 0 Å². The van der Waals surface area contributed by atoms with Crippen molar-refractivity contribution in [1.29, 1.82) is 0 Å². The maximum Gasteiger partial charge on any atom is 0.329 e. The molecule has 216 valence electrons. The molecule has 0 aliphatic carbocycles. The molecule has 0 N–H and O–H groups in total. The lowest BCUT2D eigenvalue weighted by atomic mass is 9.43. The molecule has 0 amide bonds. The van der Waals surface area contributed by atoms with Crippen LogP contribution in [0, 0.1) is 27.7 Å². The van der Waals surface area contributed by atoms with Gasteiger partial charge in [-0.3, -0.25) is 0 Å². The first-order valence-corrected chi connectivity index (χ1v) is 15.3. The standard InChI is InChI=1S/C41H38BNO/c1-29-26-31(3)41(32(4)27-29)42-39(25-20-33-15-8-6-9-16-33)38(37-19-13-12-14-30(37)2)28-40(34-17-10-7-11-18-34)43(42)35-21-23-36(44-5)24-22-35/h6-28H,1-5H3/b25-20+. The lowest BCUT2D eigenvalue weighted by molar-refractivity contribution is 0.415. The van der Waals surface area contributed by atoms with E-state index in [0.717, 1.165) is 17.1 Å². The first-order valence-electron chi connectivity index (χ1n) is 15.3. The van der Waals surface area contributed by atoms with Crippen molar-refractivity contribution in [3.05, 3.63) is 178 Å². The van der Waals surface area contributed by atoms with Crippen molar-refractivity contribution in [2.45, 2.75) is 27.7 Å². The number of allylic oxidation sites excluding steroid dienone is 4. The lowest BCUT2D eigenvalue weighted by Gasteiger charge is -2.40. The highest BCUT2D eigenvalue weighted by atomic mass is 16.5. The summed E-state index contributed by atoms with van der Waals surface area (Å²) in [7, 11) is 1.72. The van der Waals surface area contributed by atoms with E-state index in [1.165, 1.54) is 55.5 Å². The third-order valence-corrected chi connectivity index (χ3v) is 8.53. The normalized spacial score (nSPS) is 13.4. The smallest absolute Gasteiger partial charge is 0.329 e. The molecule has 0 radical (unpaired) electrons. The largest absolute Gasteiger partial charge is 0.497 e. The number of ether oxygens (including phenoxy) is 1. The Morgan fingerprint density at radius 3 is 1.89 bits per heavy atom. The van der Waals surface area contributed by atoms with E-state index >= 15 is 0 Å². The van der Waals surface area contributed by atoms with Crippen molar-refractivity contribution < 1.29 is 4.74 Å². The van der Waals surface area contributed by atoms with Crippen molar-refractivity contribution >= 4 is 35.3 Å². The average Bonchev–Trinajstić information content (AvgIpc) is 3.04. The van der Waals surface area contributed by atoms with Crippen LogP contribution in [0.4, 0.5) is 5.69 Å². The zero-order valence-electron chi connectivity index (χ0n) is 26.2. The summed E-state index contributed by atoms with van der Waals surface area (Å²) < 4.78 is 5.57. The summed E-state index contributed by atoms with van der Waals surface area (Å²) in [5.74, 6) is 0.843. The van der Waals surface area contributed by atoms with E-state index in [1.807, 2.05) is 0 Å². The Hall–Kier alpha value is -5.02. The van der Waals surface area contributed by atoms with Crippen LogP contribution in [0.5, 0.6) is 5.75 Å². The zero-order chi connectivity index (χ0) is 30.6. The van der Waals surface area contributed by atoms with Crippen LogP contribution in [0.25, 0.3) is 17.3 Å². The van der Waals surface area contributed by atoms with E-state index < -0.39 is 0 Å². The molecule has 0 fully saturated rings. The number of methoxy groups -OCH3 is 1. The van der Waals surface area contributed by atoms with Crippen molar-refractivity contribution in [2.75, 3.05) is 11.9 Å². The first-order chi connectivity index (χ1) is 21.4. The van der Waals surface area contributed by atoms with Gasteiger partial charge in [0.1, 0.15) is 5.75 Å². The second-order valence-electron chi connectivity index (χ2n) is 11.6. The molecule has 0 atom stereocenters. The van der Waals surface area contributed by atoms with Gasteiger partial charge in [0.05, 0.1) is 7.11 Å². The summed E-state index contributed by atoms with van der Waals surface area (Å²) in [6.07, 6.45) is 6.99. The molecule has 2 nitrogen and oxygen atoms in total. The molecular weight excluding hydrogens is 533 g/mol. The van der Waals surface area contributed by atoms with Crippen LogP contribution in [0.1, 0.15) is 38.9 Å². The molecule has 0 saturated heterocycles. The first kappa shape index (κ1) is 29.1. The summed E-state index contributed by atoms with van der Waals surface area (Å²) in [5.41, 5.74) is 14.8. The van der Waals surface area contributed by atoms with Gasteiger partial charge in [-0.25, -0.2) is 0 Å². The SMILES string of the molecule is COc1ccc(N2B(c3c(C)cc(C)cc3C)C(/C=C/c3ccccc3)=C(c3ccccc3C)C=C2c2ccccc2)cc1. The van der Waals surface area contributed by atoms with Crippen LogP contribution in [0.3, 0.4) is 0 Å². The number of benzene rings is 5. The molecule has 0 saturated carbocycles. The Morgan fingerprint density at radius 2 is 1.25 bits per heavy atom. The number of anilines is 1. The van der Waals surface area contributed by atoms with Crippen LogP contribution in [-0.4, -0.2) is 14.0 Å². The Labute approximate surface area is 262 Å². The Bertz CT molecular complexity index is 1840. The number of nitrogens with zero attached hydrogens (tertiary/aromatic N) is 1. The number of hydrogen-bond acceptors (Lipinski definition) is 2. The molecule has 0 spiro atoms. The van der Waals surface area contributed by atoms with Gasteiger partial charge >= 0.3 is 6.85 Å². The molecule has 5 aromatic carbocycles. The fraction of sp³-hybridized carbons (Fsp3) is 0.122. The Balaban J connectivity index is 1.73. The average molecular weight is 572 g/mol. The van der Waals surface area contributed by atoms with Crippen molar-refractivity contribution in [3.8, 4) is 5.75 Å². The van der Waals surface area contributed by atoms with Gasteiger partial charge in [0, 0.05) is 11.4 Å². The molecule has 5 aromatic rings. The topological polar surface area (TPSA) is 12.5 Å². The van der Waals surface area contributed by atoms with Gasteiger partial charge in [-0.2, -0.15) is 0 Å². The molecule has 44 heavy (non-hydrogen) atoms. The van der Waals surface area contributed by atoms with Gasteiger partial charge < -0.3 is 9.55 Å². The summed E-state index contributed by atoms with van der Waals surface area (Å²) in [4.78, 5) is 2.52. The molecule has 0 unspecified atom stereocenters. The number of rotatable bonds is 7. The Morgan fingerprint density at radius 1 is 0.636 bits per heavy atom. The highest BCUT2D eigenvalue weighted by Gasteiger charge is 2.39. The molecule has 1 aliphatic rings. The minimum atomic E-state index is -0.0845. The molecule has 6 rings (SSSR count). The maximum absolute atomic E-state index is 5.57. The van der Waals surface area contributed by atoms with E-state index in [4.69, 9.17) is 4.74 Å². The minimum Gasteiger partial charge on any atom is -0.497 e. The predicted molar refractivity (Wildman–Crippen MR) is 190 cm³/mol. The summed E-state index contributed by atoms with van der Waals surface area (Å²) in [6.45, 7) is 8.83. The fourth-order valence-corrected chi connectivity index (χ4v) is 6.52. The van der Waals surface area contributed by atoms with Crippen molar-refractivity contribution in [2.24, 2.45) is 0 Å². The molecule has 1 heterocycles. The summed E-state index contributed by atoms with van der Waals surface area (Å²) in [6, 6.07) is 43.2. The predicted octanol–water partition coefficient (Wildman–Crippen LogP) is 9.40. The zero-order valence-corrected chi connectivity index (χ0v) is 26.2. The molecule has 1 aliphatic heterocycles. The van der Waals surface area contributed by atoms with E-state index in [9.17, 15) is 0 Å². The van der Waals surface area contributed by atoms with E-state index in [1.54, 1.807) is 7.11 Å². The maximum atomic E-state index is 5.57. The molecular formula is C41H38BNO. The summed E-state index contributed by atoms with van der Waals surface area (Å²) >= 11 is 0. The summed E-state index contributed by atoms with van der Waals surface area (Å²) in [5, 5.41) is 0. The minimum absolute atomic E-state index is 0.0845. The van der Waals surface area contributed by atoms with Gasteiger partial charge in [-0.1, -0.05) is 126 Å². The lowest BCUT2D eigenvalue weighted by Crippen LogP contribution is -2.52. The van der Waals surface area contributed by atoms with Crippen LogP contribution < -0.4 is 15.0 Å². The third kappa shape index (κ3) is 5.79. The Kier molecular flexibility index (Phi) is 8.39. The van der Waals surface area contributed by atoms with Crippen LogP contribution in [0.2, 0.25) is 0 Å². The quantitative estimate of drug-likeness (QED) is 0.181. The molecule has 3 heteroatoms. The van der Waals surface area contributed by atoms with Crippen molar-refractivity contribution in [3.63, 3.8) is 0 Å². The van der Waals surface area contributed by atoms with Gasteiger partial charge in [0.25, 0.3) is 0 Å². The highest BCUT2D eigenvalue weighted by molar-refractivity contribution is 6.87. The number of hydrogen-bond donors (Lipinski definition) is 0. The van der Waals surface area contributed by atoms with E-state index in [2.05, 4.69) is 172 Å². The third-order valence-electron chi connectivity index (χ3n) is 8.53. The monoisotopic (exact) mass is 571 g/mol. The van der Waals surface area contributed by atoms with Crippen LogP contribution in [0.15, 0.2) is 139 Å². The highest BCUT2D eigenvalue weighted by Crippen LogP contribution is 2.41. The van der Waals surface area contributed by atoms with Gasteiger partial charge in [-0.05, 0) is 96.8 Å². The second kappa shape index (κ2) is 12.7. The van der Waals surface area contributed by atoms with Gasteiger partial charge in [-0.15, -0.1) is 0 Å². The van der Waals surface area contributed by atoms with Gasteiger partial charge in [0.2, 0.25) is 0 Å². The molecule has 0 aromatic heterocycles. The fourth-order valence-electron chi connectivity index (χ4n) is 6.52. The van der Waals surface area contributed by atoms with Gasteiger partial charge in [0.15, 0.2) is 0 Å². The van der Waals surface area contributed by atoms with E-state index in [-0.39, 0.29) is 6.85 Å². The van der Waals surface area contributed by atoms with Crippen LogP contribution in [-0.2, 0) is 0 Å². The molecule has 0 bridgehead atoms. The number of aryl methyl sites for hydroxylation is 4. The van der Waals surface area contributed by atoms with E-state index in [0.29, 0.717) is 0 Å².